The van der Waals surface area contributed by atoms with Crippen molar-refractivity contribution in [1.82, 2.24) is 5.32 Å². The van der Waals surface area contributed by atoms with E-state index in [-0.39, 0.29) is 18.5 Å². The van der Waals surface area contributed by atoms with E-state index in [0.29, 0.717) is 13.0 Å². The Morgan fingerprint density at radius 2 is 2.21 bits per heavy atom. The van der Waals surface area contributed by atoms with Crippen LogP contribution in [-0.4, -0.2) is 29.7 Å². The fraction of sp³-hybridized carbons (Fsp3) is 0.429. The Bertz CT molecular complexity index is 513. The van der Waals surface area contributed by atoms with Gasteiger partial charge in [0.05, 0.1) is 6.04 Å². The van der Waals surface area contributed by atoms with E-state index < -0.39 is 5.97 Å². The number of amides is 2. The number of carboxylic acid groups (broad SMARTS) is 1. The fourth-order valence-corrected chi connectivity index (χ4v) is 2.37. The molecule has 1 aromatic carbocycles. The van der Waals surface area contributed by atoms with Gasteiger partial charge < -0.3 is 10.4 Å². The van der Waals surface area contributed by atoms with Gasteiger partial charge in [-0.15, -0.1) is 0 Å². The molecule has 5 heteroatoms. The zero-order valence-electron chi connectivity index (χ0n) is 11.1. The summed E-state index contributed by atoms with van der Waals surface area (Å²) < 4.78 is 0. The lowest BCUT2D eigenvalue weighted by Gasteiger charge is -2.25. The van der Waals surface area contributed by atoms with Crippen molar-refractivity contribution in [3.63, 3.8) is 0 Å². The van der Waals surface area contributed by atoms with Gasteiger partial charge in [0.2, 0.25) is 0 Å². The summed E-state index contributed by atoms with van der Waals surface area (Å²) in [5.41, 5.74) is 3.04. The Kier molecular flexibility index (Phi) is 3.74. The number of aliphatic carboxylic acids is 1. The van der Waals surface area contributed by atoms with Gasteiger partial charge in [-0.1, -0.05) is 12.1 Å². The molecule has 0 aromatic heterocycles. The first-order valence-electron chi connectivity index (χ1n) is 6.35. The minimum atomic E-state index is -0.833. The molecule has 5 nitrogen and oxygen atoms in total. The van der Waals surface area contributed by atoms with Crippen LogP contribution in [0.1, 0.15) is 24.0 Å². The van der Waals surface area contributed by atoms with Crippen molar-refractivity contribution in [2.45, 2.75) is 32.7 Å². The Morgan fingerprint density at radius 3 is 2.89 bits per heavy atom. The standard InChI is InChI=1S/C14H18N2O3/c1-9-4-3-5-12(10(9)2)16-11(6-7-13(17)18)8-15-14(16)19/h3-5,11H,6-8H2,1-2H3,(H,15,19)(H,17,18). The normalized spacial score (nSPS) is 18.5. The average Bonchev–Trinajstić information content (AvgIpc) is 2.72. The fourth-order valence-electron chi connectivity index (χ4n) is 2.37. The number of carbonyl (C=O) groups is 2. The van der Waals surface area contributed by atoms with Crippen LogP contribution in [0, 0.1) is 13.8 Å². The van der Waals surface area contributed by atoms with Crippen LogP contribution in [0.5, 0.6) is 0 Å². The number of aryl methyl sites for hydroxylation is 1. The van der Waals surface area contributed by atoms with Gasteiger partial charge in [0.1, 0.15) is 0 Å². The highest BCUT2D eigenvalue weighted by Gasteiger charge is 2.32. The molecule has 1 unspecified atom stereocenters. The molecule has 0 aliphatic carbocycles. The van der Waals surface area contributed by atoms with E-state index in [0.717, 1.165) is 16.8 Å². The molecular weight excluding hydrogens is 244 g/mol. The number of hydrogen-bond acceptors (Lipinski definition) is 2. The lowest BCUT2D eigenvalue weighted by atomic mass is 10.0. The van der Waals surface area contributed by atoms with Gasteiger partial charge in [0, 0.05) is 18.7 Å². The number of nitrogens with one attached hydrogen (secondary N) is 1. The summed E-state index contributed by atoms with van der Waals surface area (Å²) in [5, 5.41) is 11.6. The van der Waals surface area contributed by atoms with Crippen LogP contribution in [0.15, 0.2) is 18.2 Å². The first-order valence-corrected chi connectivity index (χ1v) is 6.35. The number of urea groups is 1. The van der Waals surface area contributed by atoms with Gasteiger partial charge in [0.15, 0.2) is 0 Å². The highest BCUT2D eigenvalue weighted by atomic mass is 16.4. The number of rotatable bonds is 4. The quantitative estimate of drug-likeness (QED) is 0.872. The molecule has 2 N–H and O–H groups in total. The SMILES string of the molecule is Cc1cccc(N2C(=O)NCC2CCC(=O)O)c1C. The van der Waals surface area contributed by atoms with Crippen LogP contribution < -0.4 is 10.2 Å². The predicted molar refractivity (Wildman–Crippen MR) is 72.5 cm³/mol. The van der Waals surface area contributed by atoms with E-state index in [4.69, 9.17) is 5.11 Å². The highest BCUT2D eigenvalue weighted by Crippen LogP contribution is 2.28. The number of hydrogen-bond donors (Lipinski definition) is 2. The molecule has 1 heterocycles. The molecule has 1 aromatic rings. The van der Waals surface area contributed by atoms with E-state index in [1.165, 1.54) is 0 Å². The zero-order valence-corrected chi connectivity index (χ0v) is 11.1. The molecule has 1 atom stereocenters. The Morgan fingerprint density at radius 1 is 1.47 bits per heavy atom. The molecule has 1 saturated heterocycles. The third-order valence-electron chi connectivity index (χ3n) is 3.60. The average molecular weight is 262 g/mol. The molecule has 0 bridgehead atoms. The molecule has 1 aliphatic rings. The van der Waals surface area contributed by atoms with Crippen LogP contribution in [0.4, 0.5) is 10.5 Å². The summed E-state index contributed by atoms with van der Waals surface area (Å²) in [6, 6.07) is 5.57. The van der Waals surface area contributed by atoms with Gasteiger partial charge in [-0.25, -0.2) is 4.79 Å². The summed E-state index contributed by atoms with van der Waals surface area (Å²) in [6.45, 7) is 4.48. The summed E-state index contributed by atoms with van der Waals surface area (Å²) in [5.74, 6) is -0.833. The van der Waals surface area contributed by atoms with Gasteiger partial charge in [-0.3, -0.25) is 9.69 Å². The Labute approximate surface area is 112 Å². The van der Waals surface area contributed by atoms with Crippen LogP contribution >= 0.6 is 0 Å². The first-order chi connectivity index (χ1) is 9.00. The van der Waals surface area contributed by atoms with E-state index in [1.807, 2.05) is 32.0 Å². The second-order valence-electron chi connectivity index (χ2n) is 4.86. The number of benzene rings is 1. The van der Waals surface area contributed by atoms with E-state index in [9.17, 15) is 9.59 Å². The van der Waals surface area contributed by atoms with Crippen LogP contribution in [0.3, 0.4) is 0 Å². The van der Waals surface area contributed by atoms with Gasteiger partial charge in [-0.2, -0.15) is 0 Å². The predicted octanol–water partition coefficient (Wildman–Crippen LogP) is 2.07. The molecule has 0 spiro atoms. The number of carboxylic acids is 1. The van der Waals surface area contributed by atoms with Crippen molar-refractivity contribution in [1.29, 1.82) is 0 Å². The zero-order chi connectivity index (χ0) is 14.0. The molecule has 2 amide bonds. The number of anilines is 1. The monoisotopic (exact) mass is 262 g/mol. The highest BCUT2D eigenvalue weighted by molar-refractivity contribution is 5.95. The molecule has 19 heavy (non-hydrogen) atoms. The lowest BCUT2D eigenvalue weighted by molar-refractivity contribution is -0.137. The van der Waals surface area contributed by atoms with Gasteiger partial charge in [0.25, 0.3) is 0 Å². The summed E-state index contributed by atoms with van der Waals surface area (Å²) >= 11 is 0. The minimum Gasteiger partial charge on any atom is -0.481 e. The maximum Gasteiger partial charge on any atom is 0.322 e. The summed E-state index contributed by atoms with van der Waals surface area (Å²) in [7, 11) is 0. The minimum absolute atomic E-state index is 0.0704. The van der Waals surface area contributed by atoms with E-state index in [2.05, 4.69) is 5.32 Å². The molecule has 1 aliphatic heterocycles. The van der Waals surface area contributed by atoms with Crippen LogP contribution in [0.2, 0.25) is 0 Å². The van der Waals surface area contributed by atoms with Crippen molar-refractivity contribution in [2.24, 2.45) is 0 Å². The smallest absolute Gasteiger partial charge is 0.322 e. The largest absolute Gasteiger partial charge is 0.481 e. The van der Waals surface area contributed by atoms with Crippen molar-refractivity contribution in [3.8, 4) is 0 Å². The molecular formula is C14H18N2O3. The molecule has 102 valence electrons. The number of nitrogens with zero attached hydrogens (tertiary/aromatic N) is 1. The van der Waals surface area contributed by atoms with Crippen LogP contribution in [-0.2, 0) is 4.79 Å². The maximum absolute atomic E-state index is 12.0. The van der Waals surface area contributed by atoms with Crippen molar-refractivity contribution >= 4 is 17.7 Å². The molecule has 0 saturated carbocycles. The molecule has 2 rings (SSSR count). The number of carbonyl (C=O) groups excluding carboxylic acids is 1. The topological polar surface area (TPSA) is 69.6 Å². The molecule has 1 fully saturated rings. The summed E-state index contributed by atoms with van der Waals surface area (Å²) in [6.07, 6.45) is 0.530. The Balaban J connectivity index is 2.26. The van der Waals surface area contributed by atoms with Crippen molar-refractivity contribution < 1.29 is 14.7 Å². The Hall–Kier alpha value is -2.04. The molecule has 0 radical (unpaired) electrons. The second kappa shape index (κ2) is 5.30. The maximum atomic E-state index is 12.0. The van der Waals surface area contributed by atoms with Crippen LogP contribution in [0.25, 0.3) is 0 Å². The third kappa shape index (κ3) is 2.70. The van der Waals surface area contributed by atoms with E-state index >= 15 is 0 Å². The first kappa shape index (κ1) is 13.4. The van der Waals surface area contributed by atoms with Gasteiger partial charge in [-0.05, 0) is 37.5 Å². The lowest BCUT2D eigenvalue weighted by Crippen LogP contribution is -2.35. The second-order valence-corrected chi connectivity index (χ2v) is 4.86. The van der Waals surface area contributed by atoms with Crippen molar-refractivity contribution in [3.05, 3.63) is 29.3 Å². The van der Waals surface area contributed by atoms with Gasteiger partial charge >= 0.3 is 12.0 Å². The van der Waals surface area contributed by atoms with Crippen molar-refractivity contribution in [2.75, 3.05) is 11.4 Å². The van der Waals surface area contributed by atoms with E-state index in [1.54, 1.807) is 4.90 Å². The third-order valence-corrected chi connectivity index (χ3v) is 3.60. The summed E-state index contributed by atoms with van der Waals surface area (Å²) in [4.78, 5) is 24.3.